The second-order valence-electron chi connectivity index (χ2n) is 4.24. The standard InChI is InChI=1S/C14H15N3S/c1-10-6-7-12(9-15)14(16-10)17(3)11(2)13-5-4-8-18-13/h4-8,11H,1-3H3. The number of hydrogen-bond acceptors (Lipinski definition) is 4. The first-order valence-corrected chi connectivity index (χ1v) is 6.65. The van der Waals surface area contributed by atoms with Crippen LogP contribution in [0.4, 0.5) is 5.82 Å². The molecule has 0 amide bonds. The second-order valence-corrected chi connectivity index (χ2v) is 5.22. The lowest BCUT2D eigenvalue weighted by Crippen LogP contribution is -2.23. The predicted molar refractivity (Wildman–Crippen MR) is 74.8 cm³/mol. The van der Waals surface area contributed by atoms with Gasteiger partial charge < -0.3 is 4.90 Å². The van der Waals surface area contributed by atoms with E-state index in [4.69, 9.17) is 5.26 Å². The van der Waals surface area contributed by atoms with Crippen molar-refractivity contribution < 1.29 is 0 Å². The Bertz CT molecular complexity index is 569. The molecule has 4 heteroatoms. The van der Waals surface area contributed by atoms with Crippen molar-refractivity contribution >= 4 is 17.2 Å². The minimum Gasteiger partial charge on any atom is -0.351 e. The normalized spacial score (nSPS) is 11.9. The molecule has 1 unspecified atom stereocenters. The van der Waals surface area contributed by atoms with E-state index >= 15 is 0 Å². The van der Waals surface area contributed by atoms with Crippen molar-refractivity contribution in [3.05, 3.63) is 45.8 Å². The zero-order chi connectivity index (χ0) is 13.1. The maximum atomic E-state index is 9.16. The number of rotatable bonds is 3. The SMILES string of the molecule is Cc1ccc(C#N)c(N(C)C(C)c2cccs2)n1. The van der Waals surface area contributed by atoms with E-state index < -0.39 is 0 Å². The Kier molecular flexibility index (Phi) is 3.63. The fraction of sp³-hybridized carbons (Fsp3) is 0.286. The largest absolute Gasteiger partial charge is 0.351 e. The molecule has 0 bridgehead atoms. The highest BCUT2D eigenvalue weighted by Crippen LogP contribution is 2.28. The van der Waals surface area contributed by atoms with Crippen molar-refractivity contribution in [2.24, 2.45) is 0 Å². The number of hydrogen-bond donors (Lipinski definition) is 0. The van der Waals surface area contributed by atoms with E-state index in [1.165, 1.54) is 4.88 Å². The van der Waals surface area contributed by atoms with Crippen LogP contribution in [-0.4, -0.2) is 12.0 Å². The van der Waals surface area contributed by atoms with Gasteiger partial charge in [0, 0.05) is 17.6 Å². The van der Waals surface area contributed by atoms with E-state index in [1.54, 1.807) is 11.3 Å². The van der Waals surface area contributed by atoms with Crippen LogP contribution in [0.3, 0.4) is 0 Å². The summed E-state index contributed by atoms with van der Waals surface area (Å²) >= 11 is 1.72. The maximum Gasteiger partial charge on any atom is 0.147 e. The number of pyridine rings is 1. The first kappa shape index (κ1) is 12.6. The molecule has 0 saturated heterocycles. The Morgan fingerprint density at radius 1 is 1.39 bits per heavy atom. The molecule has 1 atom stereocenters. The smallest absolute Gasteiger partial charge is 0.147 e. The van der Waals surface area contributed by atoms with Gasteiger partial charge in [0.1, 0.15) is 11.9 Å². The Labute approximate surface area is 111 Å². The van der Waals surface area contributed by atoms with Crippen molar-refractivity contribution in [3.63, 3.8) is 0 Å². The molecule has 18 heavy (non-hydrogen) atoms. The van der Waals surface area contributed by atoms with E-state index in [2.05, 4.69) is 34.3 Å². The third-order valence-corrected chi connectivity index (χ3v) is 4.05. The molecule has 3 nitrogen and oxygen atoms in total. The van der Waals surface area contributed by atoms with Crippen LogP contribution in [0.15, 0.2) is 29.6 Å². The molecular weight excluding hydrogens is 242 g/mol. The lowest BCUT2D eigenvalue weighted by molar-refractivity contribution is 0.739. The van der Waals surface area contributed by atoms with E-state index in [0.29, 0.717) is 5.56 Å². The molecule has 0 spiro atoms. The van der Waals surface area contributed by atoms with Gasteiger partial charge in [-0.05, 0) is 37.4 Å². The molecule has 92 valence electrons. The van der Waals surface area contributed by atoms with Crippen molar-refractivity contribution in [2.45, 2.75) is 19.9 Å². The molecule has 0 radical (unpaired) electrons. The zero-order valence-corrected chi connectivity index (χ0v) is 11.5. The average Bonchev–Trinajstić information content (AvgIpc) is 2.90. The molecule has 0 N–H and O–H groups in total. The first-order valence-electron chi connectivity index (χ1n) is 5.77. The topological polar surface area (TPSA) is 39.9 Å². The highest BCUT2D eigenvalue weighted by Gasteiger charge is 2.17. The van der Waals surface area contributed by atoms with Gasteiger partial charge in [-0.3, -0.25) is 0 Å². The van der Waals surface area contributed by atoms with Gasteiger partial charge in [0.05, 0.1) is 11.6 Å². The summed E-state index contributed by atoms with van der Waals surface area (Å²) < 4.78 is 0. The maximum absolute atomic E-state index is 9.16. The molecule has 2 rings (SSSR count). The fourth-order valence-electron chi connectivity index (χ4n) is 1.80. The van der Waals surface area contributed by atoms with Gasteiger partial charge in [0.15, 0.2) is 0 Å². The second kappa shape index (κ2) is 5.19. The summed E-state index contributed by atoms with van der Waals surface area (Å²) in [6, 6.07) is 10.3. The van der Waals surface area contributed by atoms with Crippen LogP contribution < -0.4 is 4.90 Å². The van der Waals surface area contributed by atoms with Crippen LogP contribution in [0.5, 0.6) is 0 Å². The van der Waals surface area contributed by atoms with E-state index in [1.807, 2.05) is 32.2 Å². The molecule has 2 heterocycles. The summed E-state index contributed by atoms with van der Waals surface area (Å²) in [4.78, 5) is 7.80. The summed E-state index contributed by atoms with van der Waals surface area (Å²) in [6.45, 7) is 4.06. The quantitative estimate of drug-likeness (QED) is 0.844. The van der Waals surface area contributed by atoms with Gasteiger partial charge in [0.2, 0.25) is 0 Å². The zero-order valence-electron chi connectivity index (χ0n) is 10.7. The highest BCUT2D eigenvalue weighted by atomic mass is 32.1. The molecule has 0 aliphatic heterocycles. The van der Waals surface area contributed by atoms with Crippen LogP contribution in [0.25, 0.3) is 0 Å². The van der Waals surface area contributed by atoms with Crippen LogP contribution in [-0.2, 0) is 0 Å². The molecule has 0 aliphatic carbocycles. The highest BCUT2D eigenvalue weighted by molar-refractivity contribution is 7.10. The van der Waals surface area contributed by atoms with Gasteiger partial charge in [-0.1, -0.05) is 6.07 Å². The lowest BCUT2D eigenvalue weighted by atomic mass is 10.2. The van der Waals surface area contributed by atoms with Crippen molar-refractivity contribution in [1.29, 1.82) is 5.26 Å². The minimum atomic E-state index is 0.214. The summed E-state index contributed by atoms with van der Waals surface area (Å²) in [5.41, 5.74) is 1.54. The van der Waals surface area contributed by atoms with Crippen LogP contribution in [0.1, 0.15) is 29.1 Å². The average molecular weight is 257 g/mol. The number of nitrogens with zero attached hydrogens (tertiary/aromatic N) is 3. The molecule has 2 aromatic heterocycles. The Morgan fingerprint density at radius 2 is 2.17 bits per heavy atom. The Balaban J connectivity index is 2.37. The first-order chi connectivity index (χ1) is 8.63. The van der Waals surface area contributed by atoms with Crippen molar-refractivity contribution in [2.75, 3.05) is 11.9 Å². The summed E-state index contributed by atoms with van der Waals surface area (Å²) in [6.07, 6.45) is 0. The third kappa shape index (κ3) is 2.36. The van der Waals surface area contributed by atoms with Gasteiger partial charge in [-0.15, -0.1) is 11.3 Å². The van der Waals surface area contributed by atoms with Gasteiger partial charge >= 0.3 is 0 Å². The minimum absolute atomic E-state index is 0.214. The predicted octanol–water partition coefficient (Wildman–Crippen LogP) is 3.52. The van der Waals surface area contributed by atoms with Gasteiger partial charge in [0.25, 0.3) is 0 Å². The van der Waals surface area contributed by atoms with Crippen LogP contribution >= 0.6 is 11.3 Å². The summed E-state index contributed by atoms with van der Waals surface area (Å²) in [5.74, 6) is 0.749. The van der Waals surface area contributed by atoms with Crippen LogP contribution in [0, 0.1) is 18.3 Å². The Morgan fingerprint density at radius 3 is 2.78 bits per heavy atom. The molecule has 0 aromatic carbocycles. The number of anilines is 1. The van der Waals surface area contributed by atoms with E-state index in [9.17, 15) is 0 Å². The lowest BCUT2D eigenvalue weighted by Gasteiger charge is -2.26. The number of nitriles is 1. The van der Waals surface area contributed by atoms with Crippen molar-refractivity contribution in [1.82, 2.24) is 4.98 Å². The van der Waals surface area contributed by atoms with E-state index in [-0.39, 0.29) is 6.04 Å². The molecule has 0 aliphatic rings. The van der Waals surface area contributed by atoms with Crippen molar-refractivity contribution in [3.8, 4) is 6.07 Å². The molecular formula is C14H15N3S. The fourth-order valence-corrected chi connectivity index (χ4v) is 2.63. The summed E-state index contributed by atoms with van der Waals surface area (Å²) in [7, 11) is 1.98. The van der Waals surface area contributed by atoms with Gasteiger partial charge in [-0.2, -0.15) is 5.26 Å². The monoisotopic (exact) mass is 257 g/mol. The van der Waals surface area contributed by atoms with Crippen LogP contribution in [0.2, 0.25) is 0 Å². The Hall–Kier alpha value is -1.86. The number of aromatic nitrogens is 1. The number of aryl methyl sites for hydroxylation is 1. The van der Waals surface area contributed by atoms with Gasteiger partial charge in [-0.25, -0.2) is 4.98 Å². The number of thiophene rings is 1. The van der Waals surface area contributed by atoms with E-state index in [0.717, 1.165) is 11.5 Å². The summed E-state index contributed by atoms with van der Waals surface area (Å²) in [5, 5.41) is 11.2. The molecule has 0 fully saturated rings. The molecule has 2 aromatic rings. The third-order valence-electron chi connectivity index (χ3n) is 3.00. The molecule has 0 saturated carbocycles.